The van der Waals surface area contributed by atoms with Crippen LogP contribution in [0.4, 0.5) is 0 Å². The molecule has 0 bridgehead atoms. The molecule has 0 aromatic heterocycles. The summed E-state index contributed by atoms with van der Waals surface area (Å²) in [5.41, 5.74) is 0. The minimum atomic E-state index is 0.156. The van der Waals surface area contributed by atoms with Gasteiger partial charge in [0.15, 0.2) is 0 Å². The largest absolute Gasteiger partial charge is 0.396 e. The fourth-order valence-corrected chi connectivity index (χ4v) is 1.97. The van der Waals surface area contributed by atoms with Gasteiger partial charge in [-0.3, -0.25) is 9.69 Å². The van der Waals surface area contributed by atoms with E-state index in [1.165, 1.54) is 0 Å². The van der Waals surface area contributed by atoms with Gasteiger partial charge in [0.1, 0.15) is 0 Å². The third kappa shape index (κ3) is 3.76. The summed E-state index contributed by atoms with van der Waals surface area (Å²) in [7, 11) is 0. The van der Waals surface area contributed by atoms with Crippen LogP contribution in [0.5, 0.6) is 0 Å². The molecule has 0 aromatic carbocycles. The van der Waals surface area contributed by atoms with Crippen molar-refractivity contribution in [2.24, 2.45) is 5.92 Å². The third-order valence-electron chi connectivity index (χ3n) is 3.35. The van der Waals surface area contributed by atoms with E-state index in [1.54, 1.807) is 0 Å². The van der Waals surface area contributed by atoms with Crippen molar-refractivity contribution in [2.45, 2.75) is 26.7 Å². The number of aliphatic hydroxyl groups excluding tert-OH is 1. The maximum atomic E-state index is 11.9. The van der Waals surface area contributed by atoms with Gasteiger partial charge in [-0.1, -0.05) is 13.8 Å². The van der Waals surface area contributed by atoms with Crippen LogP contribution in [0.15, 0.2) is 0 Å². The fourth-order valence-electron chi connectivity index (χ4n) is 1.97. The Hall–Kier alpha value is -0.610. The molecular formula is C12H24N2O2. The quantitative estimate of drug-likeness (QED) is 0.748. The van der Waals surface area contributed by atoms with Crippen molar-refractivity contribution in [1.29, 1.82) is 0 Å². The molecule has 0 spiro atoms. The maximum absolute atomic E-state index is 11.9. The second kappa shape index (κ2) is 6.86. The van der Waals surface area contributed by atoms with Crippen LogP contribution in [0.25, 0.3) is 0 Å². The van der Waals surface area contributed by atoms with Crippen LogP contribution in [0.3, 0.4) is 0 Å². The lowest BCUT2D eigenvalue weighted by atomic mass is 10.1. The van der Waals surface area contributed by atoms with Gasteiger partial charge in [0.25, 0.3) is 0 Å². The Kier molecular flexibility index (Phi) is 5.77. The Labute approximate surface area is 98.2 Å². The number of aliphatic hydroxyl groups is 1. The van der Waals surface area contributed by atoms with Gasteiger partial charge < -0.3 is 10.0 Å². The Morgan fingerprint density at radius 2 is 1.94 bits per heavy atom. The van der Waals surface area contributed by atoms with Crippen LogP contribution in [0, 0.1) is 5.92 Å². The molecule has 1 N–H and O–H groups in total. The van der Waals surface area contributed by atoms with Crippen molar-refractivity contribution in [3.05, 3.63) is 0 Å². The second-order valence-electron chi connectivity index (χ2n) is 4.55. The zero-order valence-electron chi connectivity index (χ0n) is 10.5. The van der Waals surface area contributed by atoms with Gasteiger partial charge in [0.05, 0.1) is 0 Å². The van der Waals surface area contributed by atoms with Crippen LogP contribution in [0.2, 0.25) is 0 Å². The molecule has 1 saturated heterocycles. The van der Waals surface area contributed by atoms with Gasteiger partial charge in [-0.15, -0.1) is 0 Å². The van der Waals surface area contributed by atoms with E-state index >= 15 is 0 Å². The molecule has 1 aliphatic heterocycles. The first kappa shape index (κ1) is 13.5. The Bertz CT molecular complexity index is 213. The van der Waals surface area contributed by atoms with Gasteiger partial charge in [-0.25, -0.2) is 0 Å². The lowest BCUT2D eigenvalue weighted by molar-refractivity contribution is -0.136. The van der Waals surface area contributed by atoms with Crippen molar-refractivity contribution < 1.29 is 9.90 Å². The molecule has 0 aromatic rings. The zero-order valence-corrected chi connectivity index (χ0v) is 10.5. The molecule has 4 heteroatoms. The topological polar surface area (TPSA) is 43.8 Å². The molecule has 0 saturated carbocycles. The van der Waals surface area contributed by atoms with Crippen molar-refractivity contribution in [1.82, 2.24) is 9.80 Å². The van der Waals surface area contributed by atoms with Crippen LogP contribution < -0.4 is 0 Å². The van der Waals surface area contributed by atoms with E-state index in [2.05, 4.69) is 11.8 Å². The SMILES string of the molecule is CC[C@@H](C)C(=O)N1CCN(CCCO)CC1. The molecule has 16 heavy (non-hydrogen) atoms. The van der Waals surface area contributed by atoms with Crippen LogP contribution >= 0.6 is 0 Å². The summed E-state index contributed by atoms with van der Waals surface area (Å²) in [6, 6.07) is 0. The highest BCUT2D eigenvalue weighted by Gasteiger charge is 2.23. The first-order valence-corrected chi connectivity index (χ1v) is 6.31. The summed E-state index contributed by atoms with van der Waals surface area (Å²) in [6.07, 6.45) is 1.75. The van der Waals surface area contributed by atoms with Gasteiger partial charge in [-0.05, 0) is 12.8 Å². The highest BCUT2D eigenvalue weighted by molar-refractivity contribution is 5.78. The van der Waals surface area contributed by atoms with Gasteiger partial charge >= 0.3 is 0 Å². The van der Waals surface area contributed by atoms with Crippen molar-refractivity contribution in [3.63, 3.8) is 0 Å². The van der Waals surface area contributed by atoms with Crippen molar-refractivity contribution >= 4 is 5.91 Å². The number of piperazine rings is 1. The molecule has 94 valence electrons. The number of carbonyl (C=O) groups is 1. The lowest BCUT2D eigenvalue weighted by Gasteiger charge is -2.35. The number of rotatable bonds is 5. The first-order valence-electron chi connectivity index (χ1n) is 6.31. The number of hydrogen-bond donors (Lipinski definition) is 1. The Morgan fingerprint density at radius 3 is 2.44 bits per heavy atom. The third-order valence-corrected chi connectivity index (χ3v) is 3.35. The minimum Gasteiger partial charge on any atom is -0.396 e. The van der Waals surface area contributed by atoms with E-state index in [1.807, 2.05) is 11.8 Å². The van der Waals surface area contributed by atoms with Crippen molar-refractivity contribution in [2.75, 3.05) is 39.3 Å². The molecule has 0 radical (unpaired) electrons. The van der Waals surface area contributed by atoms with Crippen LogP contribution in [-0.2, 0) is 4.79 Å². The minimum absolute atomic E-state index is 0.156. The second-order valence-corrected chi connectivity index (χ2v) is 4.55. The molecule has 1 fully saturated rings. The Balaban J connectivity index is 2.28. The average Bonchev–Trinajstić information content (AvgIpc) is 2.35. The van der Waals surface area contributed by atoms with E-state index in [0.29, 0.717) is 5.91 Å². The van der Waals surface area contributed by atoms with Gasteiger partial charge in [0, 0.05) is 45.2 Å². The number of amides is 1. The Morgan fingerprint density at radius 1 is 1.31 bits per heavy atom. The van der Waals surface area contributed by atoms with E-state index in [0.717, 1.165) is 45.6 Å². The molecule has 4 nitrogen and oxygen atoms in total. The van der Waals surface area contributed by atoms with Gasteiger partial charge in [0.2, 0.25) is 5.91 Å². The van der Waals surface area contributed by atoms with Crippen molar-refractivity contribution in [3.8, 4) is 0 Å². The van der Waals surface area contributed by atoms with E-state index in [9.17, 15) is 4.79 Å². The number of carbonyl (C=O) groups excluding carboxylic acids is 1. The van der Waals surface area contributed by atoms with E-state index in [-0.39, 0.29) is 12.5 Å². The van der Waals surface area contributed by atoms with E-state index in [4.69, 9.17) is 5.11 Å². The molecule has 1 atom stereocenters. The average molecular weight is 228 g/mol. The summed E-state index contributed by atoms with van der Waals surface area (Å²) < 4.78 is 0. The summed E-state index contributed by atoms with van der Waals surface area (Å²) in [5, 5.41) is 8.75. The number of hydrogen-bond acceptors (Lipinski definition) is 3. The smallest absolute Gasteiger partial charge is 0.225 e. The molecule has 0 unspecified atom stereocenters. The highest BCUT2D eigenvalue weighted by Crippen LogP contribution is 2.10. The van der Waals surface area contributed by atoms with Crippen LogP contribution in [-0.4, -0.2) is 60.1 Å². The molecule has 1 rings (SSSR count). The predicted molar refractivity (Wildman–Crippen MR) is 64.2 cm³/mol. The van der Waals surface area contributed by atoms with Crippen LogP contribution in [0.1, 0.15) is 26.7 Å². The molecule has 1 heterocycles. The molecule has 0 aliphatic carbocycles. The standard InChI is InChI=1S/C12H24N2O2/c1-3-11(2)12(16)14-8-6-13(7-9-14)5-4-10-15/h11,15H,3-10H2,1-2H3/t11-/m1/s1. The van der Waals surface area contributed by atoms with E-state index < -0.39 is 0 Å². The monoisotopic (exact) mass is 228 g/mol. The zero-order chi connectivity index (χ0) is 12.0. The lowest BCUT2D eigenvalue weighted by Crippen LogP contribution is -2.50. The molecular weight excluding hydrogens is 204 g/mol. The number of nitrogens with zero attached hydrogens (tertiary/aromatic N) is 2. The fraction of sp³-hybridized carbons (Fsp3) is 0.917. The summed E-state index contributed by atoms with van der Waals surface area (Å²) in [4.78, 5) is 16.2. The summed E-state index contributed by atoms with van der Waals surface area (Å²) in [5.74, 6) is 0.452. The first-order chi connectivity index (χ1) is 7.69. The summed E-state index contributed by atoms with van der Waals surface area (Å²) in [6.45, 7) is 8.84. The maximum Gasteiger partial charge on any atom is 0.225 e. The summed E-state index contributed by atoms with van der Waals surface area (Å²) >= 11 is 0. The molecule has 1 amide bonds. The normalized spacial score (nSPS) is 19.8. The van der Waals surface area contributed by atoms with Gasteiger partial charge in [-0.2, -0.15) is 0 Å². The highest BCUT2D eigenvalue weighted by atomic mass is 16.3. The predicted octanol–water partition coefficient (Wildman–Crippen LogP) is 0.559. The molecule has 1 aliphatic rings.